The van der Waals surface area contributed by atoms with Crippen LogP contribution in [-0.4, -0.2) is 28.0 Å². The normalized spacial score (nSPS) is 12.0. The third-order valence-electron chi connectivity index (χ3n) is 3.57. The SMILES string of the molecule is Cc1ccc(OCc2nc(CC(=O)N[C@@H](C(=O)O)C(C)C)cs2)cc1. The van der Waals surface area contributed by atoms with E-state index in [4.69, 9.17) is 9.84 Å². The maximum absolute atomic E-state index is 12.0. The predicted octanol–water partition coefficient (Wildman–Crippen LogP) is 2.80. The molecule has 0 fully saturated rings. The minimum absolute atomic E-state index is 0.0531. The maximum atomic E-state index is 12.0. The molecule has 0 aliphatic rings. The number of carboxylic acids is 1. The van der Waals surface area contributed by atoms with Gasteiger partial charge in [0.1, 0.15) is 23.4 Å². The first-order valence-electron chi connectivity index (χ1n) is 8.00. The summed E-state index contributed by atoms with van der Waals surface area (Å²) in [5, 5.41) is 14.2. The highest BCUT2D eigenvalue weighted by molar-refractivity contribution is 7.09. The third kappa shape index (κ3) is 5.86. The summed E-state index contributed by atoms with van der Waals surface area (Å²) in [6.45, 7) is 5.85. The van der Waals surface area contributed by atoms with Gasteiger partial charge in [0, 0.05) is 5.38 Å². The topological polar surface area (TPSA) is 88.5 Å². The predicted molar refractivity (Wildman–Crippen MR) is 95.7 cm³/mol. The number of aromatic nitrogens is 1. The lowest BCUT2D eigenvalue weighted by Crippen LogP contribution is -2.44. The van der Waals surface area contributed by atoms with Crippen LogP contribution in [0.2, 0.25) is 0 Å². The van der Waals surface area contributed by atoms with Crippen molar-refractivity contribution < 1.29 is 19.4 Å². The molecule has 134 valence electrons. The molecule has 0 aliphatic heterocycles. The lowest BCUT2D eigenvalue weighted by molar-refractivity contribution is -0.143. The van der Waals surface area contributed by atoms with Crippen molar-refractivity contribution >= 4 is 23.2 Å². The first-order valence-corrected chi connectivity index (χ1v) is 8.88. The van der Waals surface area contributed by atoms with Gasteiger partial charge >= 0.3 is 5.97 Å². The molecule has 0 saturated heterocycles. The Kier molecular flexibility index (Phi) is 6.52. The van der Waals surface area contributed by atoms with Crippen LogP contribution in [0.4, 0.5) is 0 Å². The number of aliphatic carboxylic acids is 1. The standard InChI is InChI=1S/C18H22N2O4S/c1-11(2)17(18(22)23)20-15(21)8-13-10-25-16(19-13)9-24-14-6-4-12(3)5-7-14/h4-7,10-11,17H,8-9H2,1-3H3,(H,20,21)(H,22,23)/t17-/m1/s1. The molecule has 7 heteroatoms. The van der Waals surface area contributed by atoms with Crippen LogP contribution in [0.3, 0.4) is 0 Å². The van der Waals surface area contributed by atoms with E-state index in [2.05, 4.69) is 10.3 Å². The van der Waals surface area contributed by atoms with Gasteiger partial charge in [0.15, 0.2) is 0 Å². The molecule has 1 atom stereocenters. The van der Waals surface area contributed by atoms with Crippen molar-refractivity contribution in [1.29, 1.82) is 0 Å². The van der Waals surface area contributed by atoms with E-state index in [1.165, 1.54) is 11.3 Å². The molecule has 1 aromatic carbocycles. The molecule has 6 nitrogen and oxygen atoms in total. The highest BCUT2D eigenvalue weighted by atomic mass is 32.1. The highest BCUT2D eigenvalue weighted by Gasteiger charge is 2.23. The fourth-order valence-corrected chi connectivity index (χ4v) is 2.88. The van der Waals surface area contributed by atoms with Crippen LogP contribution in [0.25, 0.3) is 0 Å². The molecule has 0 unspecified atom stereocenters. The Bertz CT molecular complexity index is 725. The summed E-state index contributed by atoms with van der Waals surface area (Å²) in [7, 11) is 0. The number of carboxylic acid groups (broad SMARTS) is 1. The molecule has 25 heavy (non-hydrogen) atoms. The average Bonchev–Trinajstić information content (AvgIpc) is 2.99. The van der Waals surface area contributed by atoms with Crippen LogP contribution in [0.15, 0.2) is 29.6 Å². The van der Waals surface area contributed by atoms with Crippen molar-refractivity contribution in [3.63, 3.8) is 0 Å². The Hall–Kier alpha value is -2.41. The number of benzene rings is 1. The molecule has 0 aliphatic carbocycles. The molecule has 1 aromatic heterocycles. The minimum atomic E-state index is -1.03. The van der Waals surface area contributed by atoms with Crippen molar-refractivity contribution in [2.75, 3.05) is 0 Å². The van der Waals surface area contributed by atoms with Gasteiger partial charge in [-0.2, -0.15) is 0 Å². The van der Waals surface area contributed by atoms with E-state index >= 15 is 0 Å². The van der Waals surface area contributed by atoms with Crippen molar-refractivity contribution in [3.05, 3.63) is 45.9 Å². The molecule has 0 radical (unpaired) electrons. The van der Waals surface area contributed by atoms with Gasteiger partial charge in [-0.15, -0.1) is 11.3 Å². The Labute approximate surface area is 150 Å². The molecular weight excluding hydrogens is 340 g/mol. The number of hydrogen-bond acceptors (Lipinski definition) is 5. The third-order valence-corrected chi connectivity index (χ3v) is 4.44. The number of ether oxygens (including phenoxy) is 1. The summed E-state index contributed by atoms with van der Waals surface area (Å²) in [6.07, 6.45) is 0.0531. The van der Waals surface area contributed by atoms with Crippen molar-refractivity contribution in [2.45, 2.75) is 39.8 Å². The molecule has 2 N–H and O–H groups in total. The van der Waals surface area contributed by atoms with Gasteiger partial charge in [0.2, 0.25) is 5.91 Å². The summed E-state index contributed by atoms with van der Waals surface area (Å²) in [5.74, 6) is -0.803. The van der Waals surface area contributed by atoms with E-state index in [0.29, 0.717) is 12.3 Å². The minimum Gasteiger partial charge on any atom is -0.486 e. The summed E-state index contributed by atoms with van der Waals surface area (Å²) in [5.41, 5.74) is 1.77. The average molecular weight is 362 g/mol. The number of carbonyl (C=O) groups excluding carboxylic acids is 1. The second-order valence-electron chi connectivity index (χ2n) is 6.14. The van der Waals surface area contributed by atoms with Crippen LogP contribution < -0.4 is 10.1 Å². The van der Waals surface area contributed by atoms with Gasteiger partial charge in [-0.25, -0.2) is 9.78 Å². The summed E-state index contributed by atoms with van der Waals surface area (Å²) < 4.78 is 5.66. The molecule has 1 amide bonds. The molecular formula is C18H22N2O4S. The number of nitrogens with zero attached hydrogens (tertiary/aromatic N) is 1. The number of carbonyl (C=O) groups is 2. The number of rotatable bonds is 8. The molecule has 0 spiro atoms. The van der Waals surface area contributed by atoms with E-state index in [-0.39, 0.29) is 18.2 Å². The zero-order valence-electron chi connectivity index (χ0n) is 14.5. The summed E-state index contributed by atoms with van der Waals surface area (Å²) in [4.78, 5) is 27.5. The molecule has 2 rings (SSSR count). The van der Waals surface area contributed by atoms with Crippen LogP contribution in [-0.2, 0) is 22.6 Å². The fraction of sp³-hybridized carbons (Fsp3) is 0.389. The number of thiazole rings is 1. The number of nitrogens with one attached hydrogen (secondary N) is 1. The zero-order chi connectivity index (χ0) is 18.4. The molecule has 0 saturated carbocycles. The second-order valence-corrected chi connectivity index (χ2v) is 7.08. The molecule has 0 bridgehead atoms. The first-order chi connectivity index (χ1) is 11.8. The van der Waals surface area contributed by atoms with Gasteiger partial charge in [0.05, 0.1) is 12.1 Å². The first kappa shape index (κ1) is 18.9. The molecule has 2 aromatic rings. The van der Waals surface area contributed by atoms with Gasteiger partial charge in [0.25, 0.3) is 0 Å². The largest absolute Gasteiger partial charge is 0.486 e. The lowest BCUT2D eigenvalue weighted by atomic mass is 10.0. The monoisotopic (exact) mass is 362 g/mol. The van der Waals surface area contributed by atoms with Gasteiger partial charge < -0.3 is 15.2 Å². The van der Waals surface area contributed by atoms with Gasteiger partial charge in [-0.3, -0.25) is 4.79 Å². The lowest BCUT2D eigenvalue weighted by Gasteiger charge is -2.17. The van der Waals surface area contributed by atoms with Crippen LogP contribution in [0.5, 0.6) is 5.75 Å². The Morgan fingerprint density at radius 2 is 1.96 bits per heavy atom. The Balaban J connectivity index is 1.87. The molecule has 1 heterocycles. The van der Waals surface area contributed by atoms with Gasteiger partial charge in [-0.05, 0) is 25.0 Å². The van der Waals surface area contributed by atoms with Crippen LogP contribution in [0, 0.1) is 12.8 Å². The Morgan fingerprint density at radius 3 is 2.56 bits per heavy atom. The number of aryl methyl sites for hydroxylation is 1. The highest BCUT2D eigenvalue weighted by Crippen LogP contribution is 2.16. The maximum Gasteiger partial charge on any atom is 0.326 e. The van der Waals surface area contributed by atoms with Crippen molar-refractivity contribution in [1.82, 2.24) is 10.3 Å². The van der Waals surface area contributed by atoms with E-state index in [9.17, 15) is 9.59 Å². The van der Waals surface area contributed by atoms with Gasteiger partial charge in [-0.1, -0.05) is 31.5 Å². The second kappa shape index (κ2) is 8.62. The van der Waals surface area contributed by atoms with Crippen molar-refractivity contribution in [3.8, 4) is 5.75 Å². The summed E-state index contributed by atoms with van der Waals surface area (Å²) >= 11 is 1.41. The van der Waals surface area contributed by atoms with Crippen LogP contribution >= 0.6 is 11.3 Å². The zero-order valence-corrected chi connectivity index (χ0v) is 15.3. The number of hydrogen-bond donors (Lipinski definition) is 2. The van der Waals surface area contributed by atoms with E-state index < -0.39 is 12.0 Å². The van der Waals surface area contributed by atoms with E-state index in [1.807, 2.05) is 31.2 Å². The summed E-state index contributed by atoms with van der Waals surface area (Å²) in [6, 6.07) is 6.85. The fourth-order valence-electron chi connectivity index (χ4n) is 2.18. The van der Waals surface area contributed by atoms with E-state index in [0.717, 1.165) is 16.3 Å². The number of amides is 1. The van der Waals surface area contributed by atoms with Crippen LogP contribution in [0.1, 0.15) is 30.1 Å². The quantitative estimate of drug-likeness (QED) is 0.754. The van der Waals surface area contributed by atoms with E-state index in [1.54, 1.807) is 19.2 Å². The van der Waals surface area contributed by atoms with Crippen molar-refractivity contribution in [2.24, 2.45) is 5.92 Å². The smallest absolute Gasteiger partial charge is 0.326 e. The Morgan fingerprint density at radius 1 is 1.28 bits per heavy atom.